The summed E-state index contributed by atoms with van der Waals surface area (Å²) in [5.74, 6) is 2.81. The van der Waals surface area contributed by atoms with Crippen molar-refractivity contribution in [2.75, 3.05) is 5.32 Å². The van der Waals surface area contributed by atoms with Crippen molar-refractivity contribution in [2.24, 2.45) is 46.7 Å². The van der Waals surface area contributed by atoms with Gasteiger partial charge in [0, 0.05) is 34.8 Å². The number of rotatable bonds is 10. The summed E-state index contributed by atoms with van der Waals surface area (Å²) in [6.07, 6.45) is 15.0. The van der Waals surface area contributed by atoms with Crippen molar-refractivity contribution in [1.29, 1.82) is 0 Å². The summed E-state index contributed by atoms with van der Waals surface area (Å²) < 4.78 is 0. The van der Waals surface area contributed by atoms with E-state index < -0.39 is 5.91 Å². The van der Waals surface area contributed by atoms with Crippen LogP contribution in [0.1, 0.15) is 159 Å². The Bertz CT molecular complexity index is 1120. The molecule has 0 radical (unpaired) electrons. The maximum atomic E-state index is 14.6. The molecule has 6 nitrogen and oxygen atoms in total. The molecule has 0 aliphatic heterocycles. The number of carbonyl (C=O) groups is 3. The van der Waals surface area contributed by atoms with Crippen LogP contribution in [0, 0.1) is 40.9 Å². The van der Waals surface area contributed by atoms with Gasteiger partial charge in [0.15, 0.2) is 0 Å². The van der Waals surface area contributed by atoms with Gasteiger partial charge in [0.25, 0.3) is 5.91 Å². The molecule has 3 amide bonds. The Kier molecular flexibility index (Phi) is 12.2. The molecule has 2 unspecified atom stereocenters. The smallest absolute Gasteiger partial charge is 0.254 e. The molecule has 1 aromatic carbocycles. The molecule has 3 fully saturated rings. The van der Waals surface area contributed by atoms with Crippen LogP contribution in [0.5, 0.6) is 0 Å². The molecule has 4 rings (SSSR count). The summed E-state index contributed by atoms with van der Waals surface area (Å²) in [4.78, 5) is 42.7. The van der Waals surface area contributed by atoms with Gasteiger partial charge in [-0.15, -0.1) is 0 Å². The minimum atomic E-state index is -0.583. The van der Waals surface area contributed by atoms with Crippen LogP contribution in [-0.4, -0.2) is 34.7 Å². The number of benzene rings is 1. The number of nitrogens with two attached hydrogens (primary N) is 1. The van der Waals surface area contributed by atoms with E-state index in [2.05, 4.69) is 58.7 Å². The largest absolute Gasteiger partial charge is 0.366 e. The fraction of sp³-hybridized carbons (Fsp3) is 0.769. The molecule has 1 aromatic rings. The Morgan fingerprint density at radius 2 is 1.22 bits per heavy atom. The molecular weight excluding hydrogens is 558 g/mol. The van der Waals surface area contributed by atoms with Gasteiger partial charge in [0.1, 0.15) is 0 Å². The molecule has 3 aliphatic rings. The highest BCUT2D eigenvalue weighted by atomic mass is 16.2. The summed E-state index contributed by atoms with van der Waals surface area (Å²) >= 11 is 0. The Balaban J connectivity index is 1.55. The molecular formula is C39H63N3O3. The van der Waals surface area contributed by atoms with Crippen LogP contribution in [0.2, 0.25) is 0 Å². The number of nitrogens with zero attached hydrogens (tertiary/aromatic N) is 1. The monoisotopic (exact) mass is 621 g/mol. The van der Waals surface area contributed by atoms with E-state index in [1.165, 1.54) is 12.8 Å². The normalized spacial score (nSPS) is 29.0. The first-order chi connectivity index (χ1) is 21.3. The quantitative estimate of drug-likeness (QED) is 0.273. The molecule has 6 heteroatoms. The van der Waals surface area contributed by atoms with Crippen molar-refractivity contribution >= 4 is 23.4 Å². The summed E-state index contributed by atoms with van der Waals surface area (Å²) in [5.41, 5.74) is 7.26. The Labute approximate surface area is 274 Å². The predicted molar refractivity (Wildman–Crippen MR) is 185 cm³/mol. The summed E-state index contributed by atoms with van der Waals surface area (Å²) in [7, 11) is 0. The zero-order valence-electron chi connectivity index (χ0n) is 29.5. The van der Waals surface area contributed by atoms with E-state index >= 15 is 0 Å². The molecule has 0 spiro atoms. The van der Waals surface area contributed by atoms with Gasteiger partial charge in [-0.25, -0.2) is 0 Å². The fourth-order valence-electron chi connectivity index (χ4n) is 8.77. The van der Waals surface area contributed by atoms with E-state index in [1.807, 2.05) is 0 Å². The maximum absolute atomic E-state index is 14.6. The molecule has 3 N–H and O–H groups in total. The average Bonchev–Trinajstić information content (AvgIpc) is 3.04. The third kappa shape index (κ3) is 8.92. The SMILES string of the molecule is CCC(C)[C@H]1CC[C@@H](N(C(=O)c2cc(NC(=O)[C@H]3CC[C@@H](C(C)(C)C)CC3)cc(C(N)=O)c2)[C@H]2CC[C@@H](C(C)CC)CC2)CC1. The van der Waals surface area contributed by atoms with Crippen LogP contribution < -0.4 is 11.1 Å². The highest BCUT2D eigenvalue weighted by Gasteiger charge is 2.38. The van der Waals surface area contributed by atoms with Gasteiger partial charge in [0.05, 0.1) is 0 Å². The second-order valence-electron chi connectivity index (χ2n) is 16.2. The van der Waals surface area contributed by atoms with Crippen LogP contribution in [-0.2, 0) is 4.79 Å². The lowest BCUT2D eigenvalue weighted by Crippen LogP contribution is -2.50. The van der Waals surface area contributed by atoms with E-state index in [-0.39, 0.29) is 40.8 Å². The lowest BCUT2D eigenvalue weighted by atomic mass is 9.69. The van der Waals surface area contributed by atoms with E-state index in [0.29, 0.717) is 29.0 Å². The Morgan fingerprint density at radius 3 is 1.64 bits per heavy atom. The van der Waals surface area contributed by atoms with Gasteiger partial charge in [-0.3, -0.25) is 14.4 Å². The maximum Gasteiger partial charge on any atom is 0.254 e. The van der Waals surface area contributed by atoms with Crippen molar-refractivity contribution in [3.8, 4) is 0 Å². The molecule has 0 saturated heterocycles. The lowest BCUT2D eigenvalue weighted by Gasteiger charge is -2.45. The van der Waals surface area contributed by atoms with Crippen LogP contribution in [0.3, 0.4) is 0 Å². The number of amides is 3. The van der Waals surface area contributed by atoms with Gasteiger partial charge >= 0.3 is 0 Å². The number of hydrogen-bond acceptors (Lipinski definition) is 3. The number of anilines is 1. The average molecular weight is 622 g/mol. The van der Waals surface area contributed by atoms with E-state index in [4.69, 9.17) is 5.73 Å². The minimum Gasteiger partial charge on any atom is -0.366 e. The highest BCUT2D eigenvalue weighted by molar-refractivity contribution is 6.02. The van der Waals surface area contributed by atoms with Crippen LogP contribution in [0.25, 0.3) is 0 Å². The summed E-state index contributed by atoms with van der Waals surface area (Å²) in [6.45, 7) is 16.1. The molecule has 0 bridgehead atoms. The molecule has 3 saturated carbocycles. The fourth-order valence-corrected chi connectivity index (χ4v) is 8.77. The van der Waals surface area contributed by atoms with E-state index in [1.54, 1.807) is 18.2 Å². The second-order valence-corrected chi connectivity index (χ2v) is 16.2. The first kappa shape index (κ1) is 35.5. The predicted octanol–water partition coefficient (Wildman–Crippen LogP) is 9.23. The molecule has 3 aliphatic carbocycles. The minimum absolute atomic E-state index is 0.0155. The summed E-state index contributed by atoms with van der Waals surface area (Å²) in [6, 6.07) is 5.48. The van der Waals surface area contributed by atoms with Crippen LogP contribution in [0.4, 0.5) is 5.69 Å². The number of hydrogen-bond donors (Lipinski definition) is 2. The standard InChI is InChI=1S/C39H63N3O3/c1-8-25(3)27-12-18-34(19-13-27)42(35-20-14-28(15-21-35)26(4)9-2)38(45)31-22-30(36(40)43)23-33(24-31)41-37(44)29-10-16-32(17-11-29)39(5,6)7/h22-29,32,34-35H,8-21H2,1-7H3,(H2,40,43)(H,41,44)/t25?,26?,27-,28-,29-,32+,34+,35+. The first-order valence-electron chi connectivity index (χ1n) is 18.4. The van der Waals surface area contributed by atoms with Crippen molar-refractivity contribution in [2.45, 2.75) is 150 Å². The zero-order valence-corrected chi connectivity index (χ0v) is 29.5. The van der Waals surface area contributed by atoms with E-state index in [9.17, 15) is 14.4 Å². The third-order valence-corrected chi connectivity index (χ3v) is 12.5. The lowest BCUT2D eigenvalue weighted by molar-refractivity contribution is -0.121. The molecule has 0 aromatic heterocycles. The third-order valence-electron chi connectivity index (χ3n) is 12.5. The molecule has 252 valence electrons. The second kappa shape index (κ2) is 15.5. The van der Waals surface area contributed by atoms with Crippen molar-refractivity contribution in [3.63, 3.8) is 0 Å². The van der Waals surface area contributed by atoms with Crippen LogP contribution >= 0.6 is 0 Å². The molecule has 45 heavy (non-hydrogen) atoms. The highest BCUT2D eigenvalue weighted by Crippen LogP contribution is 2.41. The van der Waals surface area contributed by atoms with Crippen molar-refractivity contribution in [3.05, 3.63) is 29.3 Å². The van der Waals surface area contributed by atoms with Gasteiger partial charge < -0.3 is 16.0 Å². The zero-order chi connectivity index (χ0) is 32.9. The van der Waals surface area contributed by atoms with Gasteiger partial charge in [-0.2, -0.15) is 0 Å². The van der Waals surface area contributed by atoms with E-state index in [0.717, 1.165) is 88.9 Å². The number of carbonyl (C=O) groups excluding carboxylic acids is 3. The van der Waals surface area contributed by atoms with Crippen molar-refractivity contribution in [1.82, 2.24) is 4.90 Å². The Hall–Kier alpha value is -2.37. The Morgan fingerprint density at radius 1 is 0.756 bits per heavy atom. The first-order valence-corrected chi connectivity index (χ1v) is 18.4. The van der Waals surface area contributed by atoms with Gasteiger partial charge in [0.2, 0.25) is 11.8 Å². The number of nitrogens with one attached hydrogen (secondary N) is 1. The van der Waals surface area contributed by atoms with Crippen LogP contribution in [0.15, 0.2) is 18.2 Å². The molecule has 0 heterocycles. The van der Waals surface area contributed by atoms with Crippen molar-refractivity contribution < 1.29 is 14.4 Å². The van der Waals surface area contributed by atoms with Gasteiger partial charge in [-0.1, -0.05) is 61.3 Å². The summed E-state index contributed by atoms with van der Waals surface area (Å²) in [5, 5.41) is 3.09. The number of primary amides is 1. The molecule has 2 atom stereocenters. The van der Waals surface area contributed by atoms with Gasteiger partial charge in [-0.05, 0) is 130 Å². The topological polar surface area (TPSA) is 92.5 Å².